The molecule has 4 rings (SSSR count). The average molecular weight is 386 g/mol. The molecule has 0 bridgehead atoms. The maximum atomic E-state index is 5.99. The van der Waals surface area contributed by atoms with Gasteiger partial charge in [-0.1, -0.05) is 48.0 Å². The standard InChI is InChI=1S/C25H26N2O2/c1-20-13-15-22(16-14-20)29-19-25-26-23-11-5-6-12-24(23)27(25)17-7-8-18-28-21-9-3-2-4-10-21/h2-6,9-16H,7-8,17-19H2,1H3. The number of nitrogens with zero attached hydrogens (tertiary/aromatic N) is 2. The predicted octanol–water partition coefficient (Wildman–Crippen LogP) is 5.78. The molecule has 0 N–H and O–H groups in total. The minimum atomic E-state index is 0.457. The molecule has 1 heterocycles. The first-order valence-electron chi connectivity index (χ1n) is 10.1. The molecule has 0 fully saturated rings. The molecule has 29 heavy (non-hydrogen) atoms. The number of unbranched alkanes of at least 4 members (excludes halogenated alkanes) is 1. The Labute approximate surface area is 171 Å². The van der Waals surface area contributed by atoms with Crippen LogP contribution in [0, 0.1) is 6.92 Å². The van der Waals surface area contributed by atoms with Crippen molar-refractivity contribution in [1.29, 1.82) is 0 Å². The van der Waals surface area contributed by atoms with E-state index < -0.39 is 0 Å². The number of rotatable bonds is 9. The number of para-hydroxylation sites is 3. The van der Waals surface area contributed by atoms with Crippen molar-refractivity contribution in [3.8, 4) is 11.5 Å². The van der Waals surface area contributed by atoms with Gasteiger partial charge in [0.1, 0.15) is 23.9 Å². The second-order valence-electron chi connectivity index (χ2n) is 7.14. The molecule has 0 saturated carbocycles. The van der Waals surface area contributed by atoms with Crippen LogP contribution in [0.4, 0.5) is 0 Å². The smallest absolute Gasteiger partial charge is 0.147 e. The van der Waals surface area contributed by atoms with Crippen LogP contribution in [0.5, 0.6) is 11.5 Å². The van der Waals surface area contributed by atoms with Gasteiger partial charge in [-0.3, -0.25) is 0 Å². The largest absolute Gasteiger partial charge is 0.494 e. The summed E-state index contributed by atoms with van der Waals surface area (Å²) in [5.74, 6) is 2.74. The Hall–Kier alpha value is -3.27. The van der Waals surface area contributed by atoms with E-state index in [1.54, 1.807) is 0 Å². The molecule has 0 atom stereocenters. The monoisotopic (exact) mass is 386 g/mol. The van der Waals surface area contributed by atoms with Crippen molar-refractivity contribution in [3.63, 3.8) is 0 Å². The van der Waals surface area contributed by atoms with E-state index in [1.165, 1.54) is 5.56 Å². The highest BCUT2D eigenvalue weighted by Gasteiger charge is 2.11. The summed E-state index contributed by atoms with van der Waals surface area (Å²) in [4.78, 5) is 4.80. The lowest BCUT2D eigenvalue weighted by Crippen LogP contribution is -2.08. The molecule has 1 aromatic heterocycles. The van der Waals surface area contributed by atoms with Crippen LogP contribution in [0.1, 0.15) is 24.2 Å². The molecule has 3 aromatic carbocycles. The van der Waals surface area contributed by atoms with Crippen LogP contribution in [0.2, 0.25) is 0 Å². The normalized spacial score (nSPS) is 10.9. The van der Waals surface area contributed by atoms with Crippen LogP contribution >= 0.6 is 0 Å². The predicted molar refractivity (Wildman–Crippen MR) is 116 cm³/mol. The van der Waals surface area contributed by atoms with Crippen LogP contribution in [-0.2, 0) is 13.2 Å². The van der Waals surface area contributed by atoms with Crippen molar-refractivity contribution in [2.75, 3.05) is 6.61 Å². The SMILES string of the molecule is Cc1ccc(OCc2nc3ccccc3n2CCCCOc2ccccc2)cc1. The maximum Gasteiger partial charge on any atom is 0.147 e. The third-order valence-electron chi connectivity index (χ3n) is 4.91. The molecular weight excluding hydrogens is 360 g/mol. The van der Waals surface area contributed by atoms with Crippen molar-refractivity contribution in [1.82, 2.24) is 9.55 Å². The summed E-state index contributed by atoms with van der Waals surface area (Å²) in [6.07, 6.45) is 2.00. The molecule has 0 aliphatic carbocycles. The Kier molecular flexibility index (Phi) is 6.10. The van der Waals surface area contributed by atoms with Crippen LogP contribution in [0.25, 0.3) is 11.0 Å². The van der Waals surface area contributed by atoms with E-state index in [-0.39, 0.29) is 0 Å². The van der Waals surface area contributed by atoms with E-state index in [0.29, 0.717) is 13.2 Å². The molecule has 4 aromatic rings. The number of ether oxygens (including phenoxy) is 2. The van der Waals surface area contributed by atoms with Crippen molar-refractivity contribution >= 4 is 11.0 Å². The van der Waals surface area contributed by atoms with Crippen molar-refractivity contribution in [2.45, 2.75) is 32.9 Å². The Balaban J connectivity index is 1.38. The Morgan fingerprint density at radius 3 is 2.31 bits per heavy atom. The van der Waals surface area contributed by atoms with Crippen molar-refractivity contribution < 1.29 is 9.47 Å². The minimum absolute atomic E-state index is 0.457. The van der Waals surface area contributed by atoms with E-state index in [9.17, 15) is 0 Å². The highest BCUT2D eigenvalue weighted by Crippen LogP contribution is 2.20. The summed E-state index contributed by atoms with van der Waals surface area (Å²) in [7, 11) is 0. The van der Waals surface area contributed by atoms with E-state index in [1.807, 2.05) is 48.5 Å². The highest BCUT2D eigenvalue weighted by molar-refractivity contribution is 5.75. The van der Waals surface area contributed by atoms with E-state index in [4.69, 9.17) is 14.5 Å². The fourth-order valence-electron chi connectivity index (χ4n) is 3.35. The quantitative estimate of drug-likeness (QED) is 0.342. The van der Waals surface area contributed by atoms with Gasteiger partial charge in [0.15, 0.2) is 0 Å². The Bertz CT molecular complexity index is 1040. The van der Waals surface area contributed by atoms with Gasteiger partial charge < -0.3 is 14.0 Å². The van der Waals surface area contributed by atoms with E-state index in [2.05, 4.69) is 41.8 Å². The van der Waals surface area contributed by atoms with Crippen LogP contribution < -0.4 is 9.47 Å². The number of imidazole rings is 1. The minimum Gasteiger partial charge on any atom is -0.494 e. The second kappa shape index (κ2) is 9.28. The van der Waals surface area contributed by atoms with Gasteiger partial charge in [-0.05, 0) is 56.2 Å². The van der Waals surface area contributed by atoms with Gasteiger partial charge in [-0.15, -0.1) is 0 Å². The lowest BCUT2D eigenvalue weighted by molar-refractivity contribution is 0.285. The van der Waals surface area contributed by atoms with Gasteiger partial charge in [0.05, 0.1) is 17.6 Å². The molecule has 0 radical (unpaired) electrons. The highest BCUT2D eigenvalue weighted by atomic mass is 16.5. The molecule has 0 saturated heterocycles. The van der Waals surface area contributed by atoms with E-state index >= 15 is 0 Å². The molecule has 0 aliphatic rings. The number of hydrogen-bond acceptors (Lipinski definition) is 3. The summed E-state index contributed by atoms with van der Waals surface area (Å²) in [6, 6.07) is 26.4. The molecular formula is C25H26N2O2. The summed E-state index contributed by atoms with van der Waals surface area (Å²) >= 11 is 0. The van der Waals surface area contributed by atoms with Crippen molar-refractivity contribution in [3.05, 3.63) is 90.3 Å². The third-order valence-corrected chi connectivity index (χ3v) is 4.91. The zero-order valence-corrected chi connectivity index (χ0v) is 16.8. The third kappa shape index (κ3) is 4.96. The second-order valence-corrected chi connectivity index (χ2v) is 7.14. The maximum absolute atomic E-state index is 5.99. The van der Waals surface area contributed by atoms with Gasteiger partial charge in [0.2, 0.25) is 0 Å². The topological polar surface area (TPSA) is 36.3 Å². The van der Waals surface area contributed by atoms with Gasteiger partial charge in [-0.2, -0.15) is 0 Å². The van der Waals surface area contributed by atoms with Gasteiger partial charge >= 0.3 is 0 Å². The first-order chi connectivity index (χ1) is 14.3. The number of fused-ring (bicyclic) bond motifs is 1. The lowest BCUT2D eigenvalue weighted by atomic mass is 10.2. The molecule has 4 nitrogen and oxygen atoms in total. The fourth-order valence-corrected chi connectivity index (χ4v) is 3.35. The van der Waals surface area contributed by atoms with Crippen LogP contribution in [0.15, 0.2) is 78.9 Å². The summed E-state index contributed by atoms with van der Waals surface area (Å²) in [6.45, 7) is 4.14. The molecule has 0 spiro atoms. The van der Waals surface area contributed by atoms with Crippen molar-refractivity contribution in [2.24, 2.45) is 0 Å². The average Bonchev–Trinajstić information content (AvgIpc) is 3.11. The molecule has 0 unspecified atom stereocenters. The zero-order valence-electron chi connectivity index (χ0n) is 16.8. The molecule has 148 valence electrons. The Morgan fingerprint density at radius 1 is 0.759 bits per heavy atom. The molecule has 0 aliphatic heterocycles. The van der Waals surface area contributed by atoms with Crippen LogP contribution in [-0.4, -0.2) is 16.2 Å². The zero-order chi connectivity index (χ0) is 19.9. The lowest BCUT2D eigenvalue weighted by Gasteiger charge is -2.11. The fraction of sp³-hybridized carbons (Fsp3) is 0.240. The summed E-state index contributed by atoms with van der Waals surface area (Å²) < 4.78 is 14.1. The summed E-state index contributed by atoms with van der Waals surface area (Å²) in [5, 5.41) is 0. The Morgan fingerprint density at radius 2 is 1.48 bits per heavy atom. The number of benzene rings is 3. The molecule has 0 amide bonds. The molecule has 4 heteroatoms. The van der Waals surface area contributed by atoms with Gasteiger partial charge in [0, 0.05) is 6.54 Å². The number of hydrogen-bond donors (Lipinski definition) is 0. The van der Waals surface area contributed by atoms with Gasteiger partial charge in [0.25, 0.3) is 0 Å². The summed E-state index contributed by atoms with van der Waals surface area (Å²) in [5.41, 5.74) is 3.39. The number of aryl methyl sites for hydroxylation is 2. The van der Waals surface area contributed by atoms with Gasteiger partial charge in [-0.25, -0.2) is 4.98 Å². The first-order valence-corrected chi connectivity index (χ1v) is 10.1. The van der Waals surface area contributed by atoms with E-state index in [0.717, 1.165) is 47.7 Å². The number of aromatic nitrogens is 2. The van der Waals surface area contributed by atoms with Crippen LogP contribution in [0.3, 0.4) is 0 Å². The first kappa shape index (κ1) is 19.1.